The third-order valence-corrected chi connectivity index (χ3v) is 3.29. The predicted octanol–water partition coefficient (Wildman–Crippen LogP) is 2.71. The van der Waals surface area contributed by atoms with Crippen molar-refractivity contribution in [3.63, 3.8) is 0 Å². The molecular formula is C14H16F3N3. The third kappa shape index (κ3) is 2.43. The van der Waals surface area contributed by atoms with E-state index in [4.69, 9.17) is 0 Å². The van der Waals surface area contributed by atoms with Crippen LogP contribution in [0.15, 0.2) is 18.2 Å². The molecule has 1 aromatic heterocycles. The molecule has 2 aromatic rings. The summed E-state index contributed by atoms with van der Waals surface area (Å²) in [5.74, 6) is -3.83. The number of benzene rings is 1. The van der Waals surface area contributed by atoms with Crippen LogP contribution in [-0.2, 0) is 13.5 Å². The Labute approximate surface area is 115 Å². The van der Waals surface area contributed by atoms with Gasteiger partial charge in [0.1, 0.15) is 0 Å². The van der Waals surface area contributed by atoms with E-state index >= 15 is 0 Å². The molecule has 0 aliphatic carbocycles. The molecule has 0 spiro atoms. The van der Waals surface area contributed by atoms with Crippen LogP contribution in [0.4, 0.5) is 13.2 Å². The molecule has 1 N–H and O–H groups in total. The summed E-state index contributed by atoms with van der Waals surface area (Å²) in [5, 5.41) is 7.19. The van der Waals surface area contributed by atoms with Gasteiger partial charge in [-0.05, 0) is 25.6 Å². The SMILES string of the molecule is CCc1cc(C(NC)c2ccc(F)c(F)c2F)n(C)n1. The fourth-order valence-corrected chi connectivity index (χ4v) is 2.21. The minimum atomic E-state index is -1.46. The summed E-state index contributed by atoms with van der Waals surface area (Å²) in [7, 11) is 3.36. The maximum Gasteiger partial charge on any atom is 0.194 e. The van der Waals surface area contributed by atoms with Gasteiger partial charge in [0.15, 0.2) is 17.5 Å². The van der Waals surface area contributed by atoms with Gasteiger partial charge >= 0.3 is 0 Å². The van der Waals surface area contributed by atoms with Gasteiger partial charge in [0.2, 0.25) is 0 Å². The van der Waals surface area contributed by atoms with E-state index in [1.807, 2.05) is 13.0 Å². The molecule has 2 rings (SSSR count). The van der Waals surface area contributed by atoms with Crippen LogP contribution in [0.2, 0.25) is 0 Å². The van der Waals surface area contributed by atoms with Gasteiger partial charge in [-0.2, -0.15) is 5.10 Å². The zero-order chi connectivity index (χ0) is 14.9. The smallest absolute Gasteiger partial charge is 0.194 e. The van der Waals surface area contributed by atoms with Crippen molar-refractivity contribution in [2.45, 2.75) is 19.4 Å². The average Bonchev–Trinajstić information content (AvgIpc) is 2.81. The number of rotatable bonds is 4. The molecule has 3 nitrogen and oxygen atoms in total. The van der Waals surface area contributed by atoms with Gasteiger partial charge in [-0.15, -0.1) is 0 Å². The first-order valence-electron chi connectivity index (χ1n) is 6.33. The summed E-state index contributed by atoms with van der Waals surface area (Å²) in [6, 6.07) is 3.40. The van der Waals surface area contributed by atoms with Crippen molar-refractivity contribution >= 4 is 0 Å². The lowest BCUT2D eigenvalue weighted by molar-refractivity contribution is 0.433. The van der Waals surface area contributed by atoms with Crippen LogP contribution in [0.5, 0.6) is 0 Å². The monoisotopic (exact) mass is 283 g/mol. The van der Waals surface area contributed by atoms with Crippen LogP contribution in [0.3, 0.4) is 0 Å². The van der Waals surface area contributed by atoms with Crippen LogP contribution in [0.1, 0.15) is 29.9 Å². The molecular weight excluding hydrogens is 267 g/mol. The summed E-state index contributed by atoms with van der Waals surface area (Å²) in [5.41, 5.74) is 1.59. The highest BCUT2D eigenvalue weighted by molar-refractivity contribution is 5.31. The number of nitrogens with zero attached hydrogens (tertiary/aromatic N) is 2. The van der Waals surface area contributed by atoms with E-state index in [1.165, 1.54) is 6.07 Å². The largest absolute Gasteiger partial charge is 0.308 e. The minimum Gasteiger partial charge on any atom is -0.308 e. The number of halogens is 3. The van der Waals surface area contributed by atoms with Crippen molar-refractivity contribution in [1.82, 2.24) is 15.1 Å². The van der Waals surface area contributed by atoms with Gasteiger partial charge in [-0.25, -0.2) is 13.2 Å². The Morgan fingerprint density at radius 2 is 1.95 bits per heavy atom. The third-order valence-electron chi connectivity index (χ3n) is 3.29. The maximum atomic E-state index is 13.9. The quantitative estimate of drug-likeness (QED) is 0.874. The molecule has 0 amide bonds. The maximum absolute atomic E-state index is 13.9. The molecule has 0 aliphatic rings. The molecule has 20 heavy (non-hydrogen) atoms. The van der Waals surface area contributed by atoms with Gasteiger partial charge < -0.3 is 5.32 Å². The summed E-state index contributed by atoms with van der Waals surface area (Å²) in [4.78, 5) is 0. The zero-order valence-electron chi connectivity index (χ0n) is 11.5. The van der Waals surface area contributed by atoms with Crippen molar-refractivity contribution in [2.24, 2.45) is 7.05 Å². The fourth-order valence-electron chi connectivity index (χ4n) is 2.21. The summed E-state index contributed by atoms with van der Waals surface area (Å²) >= 11 is 0. The predicted molar refractivity (Wildman–Crippen MR) is 69.8 cm³/mol. The molecule has 0 fully saturated rings. The van der Waals surface area contributed by atoms with Crippen LogP contribution in [-0.4, -0.2) is 16.8 Å². The Balaban J connectivity index is 2.52. The molecule has 1 atom stereocenters. The highest BCUT2D eigenvalue weighted by Gasteiger charge is 2.23. The van der Waals surface area contributed by atoms with Crippen molar-refractivity contribution in [2.75, 3.05) is 7.05 Å². The molecule has 108 valence electrons. The highest BCUT2D eigenvalue weighted by atomic mass is 19.2. The van der Waals surface area contributed by atoms with Crippen LogP contribution in [0, 0.1) is 17.5 Å². The standard InChI is InChI=1S/C14H16F3N3/c1-4-8-7-11(20(3)19-8)14(18-2)9-5-6-10(15)13(17)12(9)16/h5-7,14,18H,4H2,1-3H3. The highest BCUT2D eigenvalue weighted by Crippen LogP contribution is 2.27. The molecule has 0 aliphatic heterocycles. The lowest BCUT2D eigenvalue weighted by atomic mass is 10.0. The van der Waals surface area contributed by atoms with Gasteiger partial charge in [-0.1, -0.05) is 13.0 Å². The van der Waals surface area contributed by atoms with Crippen molar-refractivity contribution in [3.8, 4) is 0 Å². The van der Waals surface area contributed by atoms with E-state index in [-0.39, 0.29) is 5.56 Å². The van der Waals surface area contributed by atoms with E-state index in [9.17, 15) is 13.2 Å². The Morgan fingerprint density at radius 1 is 1.25 bits per heavy atom. The Hall–Kier alpha value is -1.82. The first-order valence-corrected chi connectivity index (χ1v) is 6.33. The molecule has 0 bridgehead atoms. The Kier molecular flexibility index (Phi) is 4.13. The molecule has 0 saturated carbocycles. The number of nitrogens with one attached hydrogen (secondary N) is 1. The molecule has 1 aromatic carbocycles. The summed E-state index contributed by atoms with van der Waals surface area (Å²) in [6.07, 6.45) is 0.741. The van der Waals surface area contributed by atoms with Crippen LogP contribution in [0.25, 0.3) is 0 Å². The molecule has 6 heteroatoms. The van der Waals surface area contributed by atoms with Crippen molar-refractivity contribution < 1.29 is 13.2 Å². The minimum absolute atomic E-state index is 0.0528. The normalized spacial score (nSPS) is 12.7. The first kappa shape index (κ1) is 14.6. The number of hydrogen-bond acceptors (Lipinski definition) is 2. The summed E-state index contributed by atoms with van der Waals surface area (Å²) < 4.78 is 41.9. The van der Waals surface area contributed by atoms with Gasteiger partial charge in [-0.3, -0.25) is 4.68 Å². The fraction of sp³-hybridized carbons (Fsp3) is 0.357. The van der Waals surface area contributed by atoms with E-state index in [2.05, 4.69) is 10.4 Å². The Bertz CT molecular complexity index is 622. The van der Waals surface area contributed by atoms with E-state index in [1.54, 1.807) is 18.8 Å². The first-order chi connectivity index (χ1) is 9.49. The molecule has 0 saturated heterocycles. The topological polar surface area (TPSA) is 29.9 Å². The molecule has 1 heterocycles. The Morgan fingerprint density at radius 3 is 2.50 bits per heavy atom. The van der Waals surface area contributed by atoms with E-state index in [0.717, 1.165) is 18.2 Å². The van der Waals surface area contributed by atoms with Gasteiger partial charge in [0.05, 0.1) is 17.4 Å². The van der Waals surface area contributed by atoms with E-state index < -0.39 is 23.5 Å². The van der Waals surface area contributed by atoms with Crippen molar-refractivity contribution in [1.29, 1.82) is 0 Å². The average molecular weight is 283 g/mol. The number of aryl methyl sites for hydroxylation is 2. The lowest BCUT2D eigenvalue weighted by Crippen LogP contribution is -2.22. The van der Waals surface area contributed by atoms with Gasteiger partial charge in [0, 0.05) is 12.6 Å². The lowest BCUT2D eigenvalue weighted by Gasteiger charge is -2.18. The van der Waals surface area contributed by atoms with Crippen LogP contribution >= 0.6 is 0 Å². The van der Waals surface area contributed by atoms with Gasteiger partial charge in [0.25, 0.3) is 0 Å². The van der Waals surface area contributed by atoms with Crippen molar-refractivity contribution in [3.05, 3.63) is 52.6 Å². The molecule has 0 radical (unpaired) electrons. The second kappa shape index (κ2) is 5.66. The van der Waals surface area contributed by atoms with Crippen LogP contribution < -0.4 is 5.32 Å². The van der Waals surface area contributed by atoms with E-state index in [0.29, 0.717) is 5.69 Å². The number of aromatic nitrogens is 2. The zero-order valence-corrected chi connectivity index (χ0v) is 11.5. The molecule has 1 unspecified atom stereocenters. The number of hydrogen-bond donors (Lipinski definition) is 1. The summed E-state index contributed by atoms with van der Waals surface area (Å²) in [6.45, 7) is 1.96. The second-order valence-corrected chi connectivity index (χ2v) is 4.52. The second-order valence-electron chi connectivity index (χ2n) is 4.52.